The number of unbranched alkanes of at least 4 members (excludes halogenated alkanes) is 1. The van der Waals surface area contributed by atoms with Crippen LogP contribution < -0.4 is 10.6 Å². The second-order valence-corrected chi connectivity index (χ2v) is 10.2. The number of nitrogens with zero attached hydrogens (tertiary/aromatic N) is 5. The number of halogens is 2. The fourth-order valence-electron chi connectivity index (χ4n) is 4.44. The number of aryl methyl sites for hydroxylation is 1. The highest BCUT2D eigenvalue weighted by atomic mass is 19.3. The van der Waals surface area contributed by atoms with Gasteiger partial charge in [-0.2, -0.15) is 0 Å². The van der Waals surface area contributed by atoms with Gasteiger partial charge in [-0.15, -0.1) is 5.10 Å². The first-order valence-electron chi connectivity index (χ1n) is 12.3. The molecule has 9 nitrogen and oxygen atoms in total. The molecule has 11 heteroatoms. The summed E-state index contributed by atoms with van der Waals surface area (Å²) in [6.45, 7) is 8.93. The molecule has 1 fully saturated rings. The average molecular weight is 494 g/mol. The quantitative estimate of drug-likeness (QED) is 0.419. The van der Waals surface area contributed by atoms with E-state index < -0.39 is 23.7 Å². The number of ether oxygens (including phenoxy) is 1. The van der Waals surface area contributed by atoms with Crippen LogP contribution in [0.3, 0.4) is 0 Å². The van der Waals surface area contributed by atoms with Crippen LogP contribution in [0.2, 0.25) is 0 Å². The zero-order valence-corrected chi connectivity index (χ0v) is 21.1. The highest BCUT2D eigenvalue weighted by Crippen LogP contribution is 2.47. The number of carbonyl (C=O) groups is 1. The summed E-state index contributed by atoms with van der Waals surface area (Å²) in [4.78, 5) is 16.0. The lowest BCUT2D eigenvalue weighted by Gasteiger charge is -2.47. The SMILES string of the molecule is CCCCC1CC(NCc2cccc(C(F)F)n2)(c2nnnn2CCCNC(=O)OC(C)(C)C)C1. The summed E-state index contributed by atoms with van der Waals surface area (Å²) in [6, 6.07) is 4.68. The number of aromatic nitrogens is 5. The van der Waals surface area contributed by atoms with Crippen molar-refractivity contribution in [2.45, 2.75) is 96.9 Å². The Morgan fingerprint density at radius 2 is 2.06 bits per heavy atom. The van der Waals surface area contributed by atoms with Gasteiger partial charge in [0.1, 0.15) is 11.3 Å². The molecular weight excluding hydrogens is 456 g/mol. The second kappa shape index (κ2) is 11.8. The third kappa shape index (κ3) is 7.65. The molecule has 3 rings (SSSR count). The van der Waals surface area contributed by atoms with Crippen molar-refractivity contribution in [3.05, 3.63) is 35.4 Å². The second-order valence-electron chi connectivity index (χ2n) is 10.2. The lowest BCUT2D eigenvalue weighted by atomic mass is 9.65. The highest BCUT2D eigenvalue weighted by molar-refractivity contribution is 5.67. The van der Waals surface area contributed by atoms with Gasteiger partial charge in [0.05, 0.1) is 11.2 Å². The van der Waals surface area contributed by atoms with Crippen LogP contribution in [0.5, 0.6) is 0 Å². The largest absolute Gasteiger partial charge is 0.444 e. The number of carbonyl (C=O) groups excluding carboxylic acids is 1. The first-order chi connectivity index (χ1) is 16.6. The third-order valence-electron chi connectivity index (χ3n) is 6.07. The number of amides is 1. The number of alkyl halides is 2. The average Bonchev–Trinajstić information content (AvgIpc) is 3.23. The predicted molar refractivity (Wildman–Crippen MR) is 127 cm³/mol. The number of alkyl carbamates (subject to hydrolysis) is 1. The van der Waals surface area contributed by atoms with Crippen LogP contribution in [-0.2, 0) is 23.4 Å². The first-order valence-corrected chi connectivity index (χ1v) is 12.3. The number of rotatable bonds is 12. The molecule has 0 atom stereocenters. The first kappa shape index (κ1) is 26.9. The van der Waals surface area contributed by atoms with E-state index in [-0.39, 0.29) is 5.69 Å². The lowest BCUT2D eigenvalue weighted by molar-refractivity contribution is 0.0525. The van der Waals surface area contributed by atoms with E-state index in [1.54, 1.807) is 16.8 Å². The molecule has 0 aromatic carbocycles. The summed E-state index contributed by atoms with van der Waals surface area (Å²) in [5.74, 6) is 1.29. The van der Waals surface area contributed by atoms with Gasteiger partial charge in [0.15, 0.2) is 5.82 Å². The molecule has 0 aliphatic heterocycles. The molecule has 1 amide bonds. The molecule has 194 valence electrons. The zero-order valence-electron chi connectivity index (χ0n) is 21.1. The van der Waals surface area contributed by atoms with Crippen molar-refractivity contribution in [3.8, 4) is 0 Å². The van der Waals surface area contributed by atoms with Gasteiger partial charge in [-0.1, -0.05) is 32.3 Å². The van der Waals surface area contributed by atoms with E-state index in [2.05, 4.69) is 38.1 Å². The maximum Gasteiger partial charge on any atom is 0.407 e. The molecule has 1 saturated carbocycles. The van der Waals surface area contributed by atoms with E-state index in [1.165, 1.54) is 12.5 Å². The fraction of sp³-hybridized carbons (Fsp3) is 0.708. The molecule has 2 aromatic heterocycles. The number of pyridine rings is 1. The monoisotopic (exact) mass is 493 g/mol. The van der Waals surface area contributed by atoms with Gasteiger partial charge in [-0.05, 0) is 68.5 Å². The summed E-state index contributed by atoms with van der Waals surface area (Å²) < 4.78 is 33.2. The molecule has 2 N–H and O–H groups in total. The van der Waals surface area contributed by atoms with E-state index in [0.717, 1.165) is 31.5 Å². The van der Waals surface area contributed by atoms with Gasteiger partial charge in [-0.3, -0.25) is 10.3 Å². The predicted octanol–water partition coefficient (Wildman–Crippen LogP) is 4.51. The third-order valence-corrected chi connectivity index (χ3v) is 6.07. The number of nitrogens with one attached hydrogen (secondary N) is 2. The van der Waals surface area contributed by atoms with Crippen molar-refractivity contribution in [3.63, 3.8) is 0 Å². The van der Waals surface area contributed by atoms with Gasteiger partial charge in [0, 0.05) is 19.6 Å². The van der Waals surface area contributed by atoms with E-state index in [0.29, 0.717) is 37.7 Å². The standard InChI is InChI=1S/C24H37F2N7O2/c1-5-6-9-17-14-24(15-17,28-16-18-10-7-11-19(29-18)20(25)26)21-30-31-32-33(21)13-8-12-27-22(34)35-23(2,3)4/h7,10-11,17,20,28H,5-6,8-9,12-16H2,1-4H3,(H,27,34). The fourth-order valence-corrected chi connectivity index (χ4v) is 4.44. The molecule has 35 heavy (non-hydrogen) atoms. The van der Waals surface area contributed by atoms with Crippen LogP contribution in [0, 0.1) is 5.92 Å². The Bertz CT molecular complexity index is 955. The minimum Gasteiger partial charge on any atom is -0.444 e. The van der Waals surface area contributed by atoms with Crippen molar-refractivity contribution in [2.24, 2.45) is 5.92 Å². The Hall–Kier alpha value is -2.69. The van der Waals surface area contributed by atoms with E-state index >= 15 is 0 Å². The van der Waals surface area contributed by atoms with Gasteiger partial charge in [0.2, 0.25) is 0 Å². The van der Waals surface area contributed by atoms with Crippen LogP contribution in [0.25, 0.3) is 0 Å². The Labute approximate surface area is 205 Å². The number of hydrogen-bond donors (Lipinski definition) is 2. The molecule has 2 heterocycles. The maximum absolute atomic E-state index is 13.1. The van der Waals surface area contributed by atoms with Crippen molar-refractivity contribution in [1.29, 1.82) is 0 Å². The molecule has 0 spiro atoms. The number of hydrogen-bond acceptors (Lipinski definition) is 7. The molecule has 2 aromatic rings. The van der Waals surface area contributed by atoms with Crippen LogP contribution in [0.15, 0.2) is 18.2 Å². The maximum atomic E-state index is 13.1. The Morgan fingerprint density at radius 1 is 1.29 bits per heavy atom. The summed E-state index contributed by atoms with van der Waals surface area (Å²) in [6.07, 6.45) is 2.77. The van der Waals surface area contributed by atoms with Crippen LogP contribution in [0.4, 0.5) is 13.6 Å². The van der Waals surface area contributed by atoms with Gasteiger partial charge < -0.3 is 10.1 Å². The molecule has 0 radical (unpaired) electrons. The molecule has 1 aliphatic carbocycles. The lowest BCUT2D eigenvalue weighted by Crippen LogP contribution is -2.54. The summed E-state index contributed by atoms with van der Waals surface area (Å²) in [5.41, 5.74) is -0.661. The normalized spacial score (nSPS) is 20.0. The highest BCUT2D eigenvalue weighted by Gasteiger charge is 2.48. The minimum atomic E-state index is -2.60. The molecule has 0 saturated heterocycles. The molecule has 0 unspecified atom stereocenters. The van der Waals surface area contributed by atoms with E-state index in [1.807, 2.05) is 20.8 Å². The molecule has 0 bridgehead atoms. The van der Waals surface area contributed by atoms with Crippen molar-refractivity contribution in [2.75, 3.05) is 6.54 Å². The zero-order chi connectivity index (χ0) is 25.5. The topological polar surface area (TPSA) is 107 Å². The molecule has 1 aliphatic rings. The van der Waals surface area contributed by atoms with Gasteiger partial charge in [0.25, 0.3) is 6.43 Å². The molecular formula is C24H37F2N7O2. The summed E-state index contributed by atoms with van der Waals surface area (Å²) in [5, 5.41) is 18.7. The smallest absolute Gasteiger partial charge is 0.407 e. The van der Waals surface area contributed by atoms with Gasteiger partial charge >= 0.3 is 6.09 Å². The number of tetrazole rings is 1. The van der Waals surface area contributed by atoms with Gasteiger partial charge in [-0.25, -0.2) is 18.3 Å². The van der Waals surface area contributed by atoms with Crippen molar-refractivity contribution < 1.29 is 18.3 Å². The minimum absolute atomic E-state index is 0.227. The summed E-state index contributed by atoms with van der Waals surface area (Å²) in [7, 11) is 0. The van der Waals surface area contributed by atoms with E-state index in [9.17, 15) is 13.6 Å². The summed E-state index contributed by atoms with van der Waals surface area (Å²) >= 11 is 0. The van der Waals surface area contributed by atoms with Crippen LogP contribution in [-0.4, -0.2) is 43.4 Å². The Morgan fingerprint density at radius 3 is 2.74 bits per heavy atom. The Kier molecular flexibility index (Phi) is 9.09. The van der Waals surface area contributed by atoms with Crippen LogP contribution in [0.1, 0.15) is 89.9 Å². The van der Waals surface area contributed by atoms with Crippen LogP contribution >= 0.6 is 0 Å². The van der Waals surface area contributed by atoms with Crippen molar-refractivity contribution >= 4 is 6.09 Å². The van der Waals surface area contributed by atoms with Crippen molar-refractivity contribution in [1.82, 2.24) is 35.8 Å². The van der Waals surface area contributed by atoms with E-state index in [4.69, 9.17) is 4.74 Å². The Balaban J connectivity index is 1.64.